The SMILES string of the molecule is Cc1ncc2c(I)c[nH]c2n1. The Balaban J connectivity index is 2.86. The number of hydrogen-bond donors (Lipinski definition) is 1. The lowest BCUT2D eigenvalue weighted by atomic mass is 10.4. The lowest BCUT2D eigenvalue weighted by Gasteiger charge is -1.90. The zero-order valence-corrected chi connectivity index (χ0v) is 8.08. The van der Waals surface area contributed by atoms with Crippen molar-refractivity contribution in [3.05, 3.63) is 21.8 Å². The van der Waals surface area contributed by atoms with Crippen LogP contribution in [-0.4, -0.2) is 15.0 Å². The van der Waals surface area contributed by atoms with Crippen LogP contribution in [0.4, 0.5) is 0 Å². The third-order valence-electron chi connectivity index (χ3n) is 1.50. The van der Waals surface area contributed by atoms with Crippen molar-refractivity contribution in [3.63, 3.8) is 0 Å². The minimum absolute atomic E-state index is 0.802. The Morgan fingerprint density at radius 3 is 3.18 bits per heavy atom. The molecule has 0 radical (unpaired) electrons. The molecule has 0 atom stereocenters. The van der Waals surface area contributed by atoms with E-state index < -0.39 is 0 Å². The van der Waals surface area contributed by atoms with Crippen molar-refractivity contribution in [1.82, 2.24) is 15.0 Å². The fourth-order valence-corrected chi connectivity index (χ4v) is 1.51. The smallest absolute Gasteiger partial charge is 0.142 e. The topological polar surface area (TPSA) is 41.6 Å². The number of rotatable bonds is 0. The standard InChI is InChI=1S/C7H6IN3/c1-4-9-2-5-6(8)3-10-7(5)11-4/h2-3H,1H3,(H,9,10,11). The second-order valence-corrected chi connectivity index (χ2v) is 3.48. The summed E-state index contributed by atoms with van der Waals surface area (Å²) < 4.78 is 1.16. The zero-order valence-electron chi connectivity index (χ0n) is 5.93. The van der Waals surface area contributed by atoms with Gasteiger partial charge in [-0.05, 0) is 29.5 Å². The van der Waals surface area contributed by atoms with Gasteiger partial charge in [0.15, 0.2) is 0 Å². The predicted octanol–water partition coefficient (Wildman–Crippen LogP) is 1.87. The first-order chi connectivity index (χ1) is 5.27. The number of halogens is 1. The van der Waals surface area contributed by atoms with Crippen LogP contribution < -0.4 is 0 Å². The summed E-state index contributed by atoms with van der Waals surface area (Å²) in [6, 6.07) is 0. The normalized spacial score (nSPS) is 10.7. The first kappa shape index (κ1) is 7.02. The third kappa shape index (κ3) is 1.11. The molecule has 0 amide bonds. The van der Waals surface area contributed by atoms with E-state index in [2.05, 4.69) is 37.5 Å². The van der Waals surface area contributed by atoms with Crippen LogP contribution in [-0.2, 0) is 0 Å². The van der Waals surface area contributed by atoms with E-state index >= 15 is 0 Å². The summed E-state index contributed by atoms with van der Waals surface area (Å²) in [4.78, 5) is 11.4. The minimum Gasteiger partial charge on any atom is -0.345 e. The Morgan fingerprint density at radius 1 is 1.55 bits per heavy atom. The van der Waals surface area contributed by atoms with Gasteiger partial charge in [0.25, 0.3) is 0 Å². The van der Waals surface area contributed by atoms with E-state index in [0.29, 0.717) is 0 Å². The Hall–Kier alpha value is -0.650. The van der Waals surface area contributed by atoms with Crippen LogP contribution in [0, 0.1) is 10.5 Å². The van der Waals surface area contributed by atoms with E-state index in [1.807, 2.05) is 19.3 Å². The molecule has 0 aliphatic rings. The summed E-state index contributed by atoms with van der Waals surface area (Å²) in [5.41, 5.74) is 0.918. The van der Waals surface area contributed by atoms with Gasteiger partial charge in [-0.15, -0.1) is 0 Å². The highest BCUT2D eigenvalue weighted by molar-refractivity contribution is 14.1. The first-order valence-electron chi connectivity index (χ1n) is 3.23. The van der Waals surface area contributed by atoms with Gasteiger partial charge in [0.05, 0.1) is 5.39 Å². The van der Waals surface area contributed by atoms with Crippen molar-refractivity contribution < 1.29 is 0 Å². The van der Waals surface area contributed by atoms with Crippen LogP contribution in [0.5, 0.6) is 0 Å². The highest BCUT2D eigenvalue weighted by Crippen LogP contribution is 2.16. The fourth-order valence-electron chi connectivity index (χ4n) is 0.964. The largest absolute Gasteiger partial charge is 0.345 e. The molecule has 3 nitrogen and oxygen atoms in total. The van der Waals surface area contributed by atoms with Crippen molar-refractivity contribution in [3.8, 4) is 0 Å². The number of aromatic amines is 1. The van der Waals surface area contributed by atoms with E-state index in [9.17, 15) is 0 Å². The monoisotopic (exact) mass is 259 g/mol. The number of aromatic nitrogens is 3. The summed E-state index contributed by atoms with van der Waals surface area (Å²) in [6.45, 7) is 1.88. The van der Waals surface area contributed by atoms with Crippen LogP contribution in [0.1, 0.15) is 5.82 Å². The maximum Gasteiger partial charge on any atom is 0.142 e. The molecule has 2 heterocycles. The number of nitrogens with one attached hydrogen (secondary N) is 1. The van der Waals surface area contributed by atoms with Gasteiger partial charge in [0.2, 0.25) is 0 Å². The molecule has 0 spiro atoms. The van der Waals surface area contributed by atoms with Crippen LogP contribution in [0.3, 0.4) is 0 Å². The average molecular weight is 259 g/mol. The van der Waals surface area contributed by atoms with Crippen LogP contribution in [0.25, 0.3) is 11.0 Å². The van der Waals surface area contributed by atoms with Gasteiger partial charge in [0, 0.05) is 16.0 Å². The first-order valence-corrected chi connectivity index (χ1v) is 4.31. The average Bonchev–Trinajstić information content (AvgIpc) is 2.32. The molecule has 0 saturated carbocycles. The maximum absolute atomic E-state index is 4.23. The minimum atomic E-state index is 0.802. The lowest BCUT2D eigenvalue weighted by Crippen LogP contribution is -1.85. The molecule has 4 heteroatoms. The molecule has 0 aliphatic carbocycles. The molecule has 1 N–H and O–H groups in total. The van der Waals surface area contributed by atoms with Gasteiger partial charge >= 0.3 is 0 Å². The number of hydrogen-bond acceptors (Lipinski definition) is 2. The summed E-state index contributed by atoms with van der Waals surface area (Å²) in [6.07, 6.45) is 3.77. The molecule has 0 saturated heterocycles. The lowest BCUT2D eigenvalue weighted by molar-refractivity contribution is 1.08. The van der Waals surface area contributed by atoms with E-state index in [4.69, 9.17) is 0 Å². The molecule has 2 rings (SSSR count). The molecule has 0 bridgehead atoms. The van der Waals surface area contributed by atoms with Crippen LogP contribution >= 0.6 is 22.6 Å². The Morgan fingerprint density at radius 2 is 2.36 bits per heavy atom. The number of nitrogens with zero attached hydrogens (tertiary/aromatic N) is 2. The fraction of sp³-hybridized carbons (Fsp3) is 0.143. The van der Waals surface area contributed by atoms with Crippen molar-refractivity contribution in [2.45, 2.75) is 6.92 Å². The Bertz CT molecular complexity index is 393. The molecule has 0 aromatic carbocycles. The number of fused-ring (bicyclic) bond motifs is 1. The van der Waals surface area contributed by atoms with Gasteiger partial charge in [-0.2, -0.15) is 0 Å². The molecular weight excluding hydrogens is 253 g/mol. The van der Waals surface area contributed by atoms with Gasteiger partial charge in [-0.1, -0.05) is 0 Å². The second-order valence-electron chi connectivity index (χ2n) is 2.32. The summed E-state index contributed by atoms with van der Waals surface area (Å²) in [5, 5.41) is 1.09. The molecule has 0 unspecified atom stereocenters. The van der Waals surface area contributed by atoms with Crippen LogP contribution in [0.15, 0.2) is 12.4 Å². The third-order valence-corrected chi connectivity index (χ3v) is 2.39. The van der Waals surface area contributed by atoms with Crippen LogP contribution in [0.2, 0.25) is 0 Å². The van der Waals surface area contributed by atoms with Gasteiger partial charge in [0.1, 0.15) is 11.5 Å². The number of H-pyrrole nitrogens is 1. The van der Waals surface area contributed by atoms with Gasteiger partial charge in [-0.25, -0.2) is 9.97 Å². The number of aryl methyl sites for hydroxylation is 1. The Kier molecular flexibility index (Phi) is 1.56. The quantitative estimate of drug-likeness (QED) is 0.734. The molecular formula is C7H6IN3. The summed E-state index contributed by atoms with van der Waals surface area (Å²) in [7, 11) is 0. The van der Waals surface area contributed by atoms with E-state index in [-0.39, 0.29) is 0 Å². The van der Waals surface area contributed by atoms with E-state index in [0.717, 1.165) is 20.4 Å². The summed E-state index contributed by atoms with van der Waals surface area (Å²) in [5.74, 6) is 0.802. The molecule has 2 aromatic rings. The summed E-state index contributed by atoms with van der Waals surface area (Å²) >= 11 is 2.25. The second kappa shape index (κ2) is 2.44. The van der Waals surface area contributed by atoms with Crippen molar-refractivity contribution >= 4 is 33.6 Å². The zero-order chi connectivity index (χ0) is 7.84. The van der Waals surface area contributed by atoms with E-state index in [1.54, 1.807) is 0 Å². The predicted molar refractivity (Wildman–Crippen MR) is 51.3 cm³/mol. The highest BCUT2D eigenvalue weighted by atomic mass is 127. The maximum atomic E-state index is 4.23. The molecule has 2 aromatic heterocycles. The van der Waals surface area contributed by atoms with Gasteiger partial charge < -0.3 is 4.98 Å². The molecule has 0 aliphatic heterocycles. The highest BCUT2D eigenvalue weighted by Gasteiger charge is 2.00. The molecule has 11 heavy (non-hydrogen) atoms. The van der Waals surface area contributed by atoms with Crippen molar-refractivity contribution in [2.24, 2.45) is 0 Å². The Labute approximate surface area is 77.4 Å². The van der Waals surface area contributed by atoms with Crippen molar-refractivity contribution in [1.29, 1.82) is 0 Å². The molecule has 56 valence electrons. The molecule has 0 fully saturated rings. The van der Waals surface area contributed by atoms with Crippen molar-refractivity contribution in [2.75, 3.05) is 0 Å². The van der Waals surface area contributed by atoms with Gasteiger partial charge in [-0.3, -0.25) is 0 Å². The van der Waals surface area contributed by atoms with E-state index in [1.165, 1.54) is 0 Å².